The predicted molar refractivity (Wildman–Crippen MR) is 96.6 cm³/mol. The summed E-state index contributed by atoms with van der Waals surface area (Å²) in [6.45, 7) is 4.27. The molecule has 3 rings (SSSR count). The highest BCUT2D eigenvalue weighted by Gasteiger charge is 2.31. The van der Waals surface area contributed by atoms with E-state index in [2.05, 4.69) is 0 Å². The van der Waals surface area contributed by atoms with Gasteiger partial charge in [-0.05, 0) is 43.4 Å². The zero-order chi connectivity index (χ0) is 17.0. The van der Waals surface area contributed by atoms with E-state index in [0.29, 0.717) is 30.5 Å². The fourth-order valence-corrected chi connectivity index (χ4v) is 5.97. The molecule has 0 bridgehead atoms. The summed E-state index contributed by atoms with van der Waals surface area (Å²) in [6.07, 6.45) is 1.91. The molecule has 2 heterocycles. The molecule has 1 fully saturated rings. The van der Waals surface area contributed by atoms with E-state index in [1.807, 2.05) is 43.3 Å². The van der Waals surface area contributed by atoms with Gasteiger partial charge < -0.3 is 4.74 Å². The van der Waals surface area contributed by atoms with Gasteiger partial charge >= 0.3 is 0 Å². The maximum absolute atomic E-state index is 12.7. The third-order valence-corrected chi connectivity index (χ3v) is 7.59. The van der Waals surface area contributed by atoms with Gasteiger partial charge in [-0.3, -0.25) is 0 Å². The van der Waals surface area contributed by atoms with E-state index < -0.39 is 10.0 Å². The van der Waals surface area contributed by atoms with Gasteiger partial charge in [-0.1, -0.05) is 30.3 Å². The molecule has 1 atom stereocenters. The normalized spacial score (nSPS) is 19.5. The molecule has 130 valence electrons. The van der Waals surface area contributed by atoms with Gasteiger partial charge in [-0.15, -0.1) is 11.3 Å². The molecule has 0 radical (unpaired) electrons. The summed E-state index contributed by atoms with van der Waals surface area (Å²) in [6, 6.07) is 13.6. The average Bonchev–Trinajstić information content (AvgIpc) is 3.03. The minimum Gasteiger partial charge on any atom is -0.376 e. The highest BCUT2D eigenvalue weighted by atomic mass is 32.2. The summed E-state index contributed by atoms with van der Waals surface area (Å²) in [5.74, 6) is 0.262. The molecule has 6 heteroatoms. The van der Waals surface area contributed by atoms with Gasteiger partial charge in [0, 0.05) is 18.0 Å². The van der Waals surface area contributed by atoms with Crippen LogP contribution in [-0.4, -0.2) is 32.4 Å². The van der Waals surface area contributed by atoms with Gasteiger partial charge in [-0.25, -0.2) is 8.42 Å². The van der Waals surface area contributed by atoms with E-state index in [1.54, 1.807) is 10.4 Å². The first-order valence-corrected chi connectivity index (χ1v) is 10.5. The van der Waals surface area contributed by atoms with Crippen molar-refractivity contribution < 1.29 is 13.2 Å². The Kier molecular flexibility index (Phi) is 5.71. The monoisotopic (exact) mass is 365 g/mol. The second kappa shape index (κ2) is 7.78. The Labute approximate surface area is 148 Å². The second-order valence-corrected chi connectivity index (χ2v) is 9.69. The summed E-state index contributed by atoms with van der Waals surface area (Å²) in [5.41, 5.74) is 1.15. The van der Waals surface area contributed by atoms with E-state index in [4.69, 9.17) is 4.74 Å². The van der Waals surface area contributed by atoms with Crippen molar-refractivity contribution in [2.24, 2.45) is 5.92 Å². The number of piperidine rings is 1. The second-order valence-electron chi connectivity index (χ2n) is 6.24. The number of sulfonamides is 1. The topological polar surface area (TPSA) is 46.6 Å². The van der Waals surface area contributed by atoms with Crippen molar-refractivity contribution in [3.8, 4) is 0 Å². The van der Waals surface area contributed by atoms with Crippen molar-refractivity contribution in [1.29, 1.82) is 0 Å². The highest BCUT2D eigenvalue weighted by molar-refractivity contribution is 7.91. The SMILES string of the molecule is Cc1ccc(S(=O)(=O)N2CCCC(COCc3ccccc3)C2)s1. The van der Waals surface area contributed by atoms with Crippen molar-refractivity contribution in [2.75, 3.05) is 19.7 Å². The first kappa shape index (κ1) is 17.6. The number of benzene rings is 1. The van der Waals surface area contributed by atoms with Crippen molar-refractivity contribution in [3.05, 3.63) is 52.9 Å². The molecule has 1 aromatic carbocycles. The maximum atomic E-state index is 12.7. The highest BCUT2D eigenvalue weighted by Crippen LogP contribution is 2.28. The van der Waals surface area contributed by atoms with Gasteiger partial charge in [0.15, 0.2) is 0 Å². The van der Waals surface area contributed by atoms with Crippen LogP contribution in [0.15, 0.2) is 46.7 Å². The number of hydrogen-bond donors (Lipinski definition) is 0. The molecule has 1 aliphatic rings. The standard InChI is InChI=1S/C18H23NO3S2/c1-15-9-10-18(23-15)24(20,21)19-11-5-8-17(12-19)14-22-13-16-6-3-2-4-7-16/h2-4,6-7,9-10,17H,5,8,11-14H2,1H3. The predicted octanol–water partition coefficient (Wildman–Crippen LogP) is 3.67. The van der Waals surface area contributed by atoms with Crippen LogP contribution in [0.2, 0.25) is 0 Å². The zero-order valence-corrected chi connectivity index (χ0v) is 15.5. The number of ether oxygens (including phenoxy) is 1. The molecule has 0 saturated carbocycles. The average molecular weight is 366 g/mol. The van der Waals surface area contributed by atoms with Crippen LogP contribution in [0.3, 0.4) is 0 Å². The van der Waals surface area contributed by atoms with Crippen LogP contribution in [0.25, 0.3) is 0 Å². The van der Waals surface area contributed by atoms with E-state index in [1.165, 1.54) is 11.3 Å². The fraction of sp³-hybridized carbons (Fsp3) is 0.444. The molecule has 1 aromatic heterocycles. The molecule has 0 N–H and O–H groups in total. The van der Waals surface area contributed by atoms with E-state index >= 15 is 0 Å². The first-order chi connectivity index (χ1) is 11.6. The molecule has 0 spiro atoms. The van der Waals surface area contributed by atoms with Crippen LogP contribution in [0, 0.1) is 12.8 Å². The largest absolute Gasteiger partial charge is 0.376 e. The minimum absolute atomic E-state index is 0.262. The molecular weight excluding hydrogens is 342 g/mol. The molecule has 1 saturated heterocycles. The Morgan fingerprint density at radius 2 is 2.00 bits per heavy atom. The van der Waals surface area contributed by atoms with Gasteiger partial charge in [0.25, 0.3) is 10.0 Å². The van der Waals surface area contributed by atoms with E-state index in [0.717, 1.165) is 23.3 Å². The zero-order valence-electron chi connectivity index (χ0n) is 13.8. The lowest BCUT2D eigenvalue weighted by Crippen LogP contribution is -2.40. The lowest BCUT2D eigenvalue weighted by Gasteiger charge is -2.31. The van der Waals surface area contributed by atoms with Gasteiger partial charge in [-0.2, -0.15) is 4.31 Å². The first-order valence-electron chi connectivity index (χ1n) is 8.24. The molecule has 0 amide bonds. The van der Waals surface area contributed by atoms with Crippen LogP contribution in [0.5, 0.6) is 0 Å². The summed E-state index contributed by atoms with van der Waals surface area (Å²) in [4.78, 5) is 1.02. The van der Waals surface area contributed by atoms with Crippen molar-refractivity contribution in [2.45, 2.75) is 30.6 Å². The number of rotatable bonds is 6. The van der Waals surface area contributed by atoms with Crippen LogP contribution in [0.1, 0.15) is 23.3 Å². The molecule has 0 aliphatic carbocycles. The summed E-state index contributed by atoms with van der Waals surface area (Å²) in [5, 5.41) is 0. The summed E-state index contributed by atoms with van der Waals surface area (Å²) >= 11 is 1.34. The Morgan fingerprint density at radius 1 is 1.21 bits per heavy atom. The van der Waals surface area contributed by atoms with Crippen molar-refractivity contribution >= 4 is 21.4 Å². The van der Waals surface area contributed by atoms with Crippen LogP contribution >= 0.6 is 11.3 Å². The molecular formula is C18H23NO3S2. The minimum atomic E-state index is -3.36. The number of aryl methyl sites for hydroxylation is 1. The van der Waals surface area contributed by atoms with E-state index in [-0.39, 0.29) is 5.92 Å². The van der Waals surface area contributed by atoms with Crippen LogP contribution in [0.4, 0.5) is 0 Å². The molecule has 2 aromatic rings. The quantitative estimate of drug-likeness (QED) is 0.785. The lowest BCUT2D eigenvalue weighted by molar-refractivity contribution is 0.0672. The number of thiophene rings is 1. The van der Waals surface area contributed by atoms with Crippen molar-refractivity contribution in [1.82, 2.24) is 4.31 Å². The summed E-state index contributed by atoms with van der Waals surface area (Å²) in [7, 11) is -3.36. The molecule has 1 unspecified atom stereocenters. The molecule has 1 aliphatic heterocycles. The number of hydrogen-bond acceptors (Lipinski definition) is 4. The van der Waals surface area contributed by atoms with Crippen LogP contribution < -0.4 is 0 Å². The molecule has 4 nitrogen and oxygen atoms in total. The smallest absolute Gasteiger partial charge is 0.252 e. The third-order valence-electron chi connectivity index (χ3n) is 4.26. The van der Waals surface area contributed by atoms with Gasteiger partial charge in [0.1, 0.15) is 4.21 Å². The van der Waals surface area contributed by atoms with Gasteiger partial charge in [0.2, 0.25) is 0 Å². The lowest BCUT2D eigenvalue weighted by atomic mass is 10.0. The fourth-order valence-electron chi connectivity index (χ4n) is 2.98. The van der Waals surface area contributed by atoms with Gasteiger partial charge in [0.05, 0.1) is 13.2 Å². The third kappa shape index (κ3) is 4.25. The van der Waals surface area contributed by atoms with Crippen molar-refractivity contribution in [3.63, 3.8) is 0 Å². The molecule has 24 heavy (non-hydrogen) atoms. The number of nitrogens with zero attached hydrogens (tertiary/aromatic N) is 1. The Hall–Kier alpha value is -1.21. The Bertz CT molecular complexity index is 756. The Morgan fingerprint density at radius 3 is 2.71 bits per heavy atom. The maximum Gasteiger partial charge on any atom is 0.252 e. The van der Waals surface area contributed by atoms with Crippen LogP contribution in [-0.2, 0) is 21.4 Å². The van der Waals surface area contributed by atoms with E-state index in [9.17, 15) is 8.42 Å². The summed E-state index contributed by atoms with van der Waals surface area (Å²) < 4.78 is 33.4. The Balaban J connectivity index is 1.56.